The third-order valence-electron chi connectivity index (χ3n) is 6.44. The van der Waals surface area contributed by atoms with E-state index in [-0.39, 0.29) is 23.8 Å². The van der Waals surface area contributed by atoms with Gasteiger partial charge in [0.05, 0.1) is 12.6 Å². The van der Waals surface area contributed by atoms with Crippen molar-refractivity contribution < 1.29 is 14.3 Å². The highest BCUT2D eigenvalue weighted by Gasteiger charge is 2.55. The summed E-state index contributed by atoms with van der Waals surface area (Å²) in [7, 11) is 0. The number of nitrogens with zero attached hydrogens (tertiary/aromatic N) is 1. The van der Waals surface area contributed by atoms with Gasteiger partial charge >= 0.3 is 0 Å². The fourth-order valence-corrected chi connectivity index (χ4v) is 4.47. The van der Waals surface area contributed by atoms with E-state index in [0.717, 1.165) is 44.1 Å². The van der Waals surface area contributed by atoms with Gasteiger partial charge in [0.2, 0.25) is 11.8 Å². The number of nitrogens with one attached hydrogen (secondary N) is 1. The molecule has 1 aromatic rings. The first-order valence-corrected chi connectivity index (χ1v) is 10.3. The van der Waals surface area contributed by atoms with E-state index in [9.17, 15) is 9.59 Å². The average molecular weight is 370 g/mol. The Labute approximate surface area is 161 Å². The summed E-state index contributed by atoms with van der Waals surface area (Å²) >= 11 is 0. The van der Waals surface area contributed by atoms with Gasteiger partial charge in [-0.25, -0.2) is 0 Å². The van der Waals surface area contributed by atoms with Crippen molar-refractivity contribution in [2.45, 2.75) is 70.2 Å². The molecule has 146 valence electrons. The summed E-state index contributed by atoms with van der Waals surface area (Å²) in [6.07, 6.45) is 5.65. The number of carbonyl (C=O) groups excluding carboxylic acids is 2. The Hall–Kier alpha value is -1.88. The number of amides is 2. The first-order valence-electron chi connectivity index (χ1n) is 10.3. The van der Waals surface area contributed by atoms with E-state index in [1.165, 1.54) is 0 Å². The van der Waals surface area contributed by atoms with Crippen molar-refractivity contribution in [3.05, 3.63) is 35.9 Å². The van der Waals surface area contributed by atoms with Gasteiger partial charge in [0.25, 0.3) is 0 Å². The van der Waals surface area contributed by atoms with Gasteiger partial charge in [0, 0.05) is 5.92 Å². The van der Waals surface area contributed by atoms with Gasteiger partial charge in [-0.2, -0.15) is 0 Å². The second kappa shape index (κ2) is 7.27. The monoisotopic (exact) mass is 370 g/mol. The van der Waals surface area contributed by atoms with Crippen molar-refractivity contribution in [3.63, 3.8) is 0 Å². The molecule has 1 aromatic carbocycles. The first kappa shape index (κ1) is 18.5. The number of hydrogen-bond donors (Lipinski definition) is 1. The van der Waals surface area contributed by atoms with Crippen LogP contribution in [-0.4, -0.2) is 35.1 Å². The van der Waals surface area contributed by atoms with E-state index in [1.807, 2.05) is 42.2 Å². The topological polar surface area (TPSA) is 58.6 Å². The molecule has 1 heterocycles. The van der Waals surface area contributed by atoms with Crippen LogP contribution in [0.5, 0.6) is 0 Å². The van der Waals surface area contributed by atoms with Crippen molar-refractivity contribution in [2.75, 3.05) is 6.61 Å². The predicted octanol–water partition coefficient (Wildman–Crippen LogP) is 3.41. The Kier molecular flexibility index (Phi) is 4.97. The molecule has 2 atom stereocenters. The zero-order valence-electron chi connectivity index (χ0n) is 16.3. The number of carbonyl (C=O) groups is 2. The predicted molar refractivity (Wildman–Crippen MR) is 103 cm³/mol. The highest BCUT2D eigenvalue weighted by Crippen LogP contribution is 2.45. The summed E-state index contributed by atoms with van der Waals surface area (Å²) in [5.41, 5.74) is 0.496. The lowest BCUT2D eigenvalue weighted by Crippen LogP contribution is -2.57. The van der Waals surface area contributed by atoms with E-state index in [4.69, 9.17) is 4.74 Å². The lowest BCUT2D eigenvalue weighted by atomic mass is 9.83. The summed E-state index contributed by atoms with van der Waals surface area (Å²) in [6, 6.07) is 9.31. The van der Waals surface area contributed by atoms with E-state index in [1.54, 1.807) is 0 Å². The summed E-state index contributed by atoms with van der Waals surface area (Å²) < 4.78 is 6.21. The Balaban J connectivity index is 1.52. The van der Waals surface area contributed by atoms with Crippen molar-refractivity contribution in [1.82, 2.24) is 10.2 Å². The minimum atomic E-state index is -0.565. The van der Waals surface area contributed by atoms with Gasteiger partial charge in [-0.05, 0) is 56.9 Å². The maximum Gasteiger partial charge on any atom is 0.245 e. The lowest BCUT2D eigenvalue weighted by molar-refractivity contribution is -0.162. The molecule has 0 radical (unpaired) electrons. The molecule has 1 saturated heterocycles. The summed E-state index contributed by atoms with van der Waals surface area (Å²) in [4.78, 5) is 28.0. The smallest absolute Gasteiger partial charge is 0.245 e. The Bertz CT molecular complexity index is 693. The van der Waals surface area contributed by atoms with Crippen LogP contribution in [-0.2, 0) is 14.3 Å². The fraction of sp³-hybridized carbons (Fsp3) is 0.636. The number of rotatable bonds is 4. The van der Waals surface area contributed by atoms with Gasteiger partial charge in [-0.3, -0.25) is 14.5 Å². The molecule has 0 unspecified atom stereocenters. The molecule has 0 bridgehead atoms. The fourth-order valence-electron chi connectivity index (χ4n) is 4.47. The number of ether oxygens (including phenoxy) is 1. The standard InChI is InChI=1S/C22H30N2O3/c1-15-10-12-22(13-11-15)24(21(26)18-8-9-18)19(14-27-22)20(25)23-16(2)17-6-4-3-5-7-17/h3-7,15-16,18-19H,8-14H2,1-2H3,(H,23,25)/t15?,16-,19-,22?/m0/s1. The summed E-state index contributed by atoms with van der Waals surface area (Å²) in [6.45, 7) is 4.54. The second-order valence-corrected chi connectivity index (χ2v) is 8.58. The van der Waals surface area contributed by atoms with Crippen LogP contribution in [0, 0.1) is 11.8 Å². The van der Waals surface area contributed by atoms with Crippen LogP contribution in [0.25, 0.3) is 0 Å². The molecular weight excluding hydrogens is 340 g/mol. The lowest BCUT2D eigenvalue weighted by Gasteiger charge is -2.43. The molecule has 2 saturated carbocycles. The SMILES string of the molecule is CC1CCC2(CC1)OC[C@@H](C(=O)N[C@@H](C)c1ccccc1)N2C(=O)C1CC1. The quantitative estimate of drug-likeness (QED) is 0.884. The molecule has 27 heavy (non-hydrogen) atoms. The van der Waals surface area contributed by atoms with Crippen molar-refractivity contribution >= 4 is 11.8 Å². The van der Waals surface area contributed by atoms with E-state index in [2.05, 4.69) is 12.2 Å². The van der Waals surface area contributed by atoms with Gasteiger partial charge < -0.3 is 10.1 Å². The second-order valence-electron chi connectivity index (χ2n) is 8.58. The van der Waals surface area contributed by atoms with Crippen molar-refractivity contribution in [1.29, 1.82) is 0 Å². The zero-order chi connectivity index (χ0) is 19.0. The molecule has 3 aliphatic rings. The van der Waals surface area contributed by atoms with Crippen LogP contribution in [0.15, 0.2) is 30.3 Å². The molecule has 1 spiro atoms. The van der Waals surface area contributed by atoms with Gasteiger partial charge in [0.1, 0.15) is 11.8 Å². The van der Waals surface area contributed by atoms with Crippen LogP contribution in [0.3, 0.4) is 0 Å². The van der Waals surface area contributed by atoms with Crippen molar-refractivity contribution in [3.8, 4) is 0 Å². The summed E-state index contributed by atoms with van der Waals surface area (Å²) in [5, 5.41) is 3.10. The maximum absolute atomic E-state index is 13.1. The first-order chi connectivity index (χ1) is 13.0. The summed E-state index contributed by atoms with van der Waals surface area (Å²) in [5.74, 6) is 0.762. The van der Waals surface area contributed by atoms with E-state index >= 15 is 0 Å². The number of hydrogen-bond acceptors (Lipinski definition) is 3. The maximum atomic E-state index is 13.1. The highest BCUT2D eigenvalue weighted by molar-refractivity contribution is 5.90. The molecule has 4 rings (SSSR count). The molecule has 1 aliphatic heterocycles. The minimum absolute atomic E-state index is 0.0878. The molecule has 1 N–H and O–H groups in total. The Morgan fingerprint density at radius 3 is 2.44 bits per heavy atom. The third kappa shape index (κ3) is 3.62. The van der Waals surface area contributed by atoms with Crippen LogP contribution >= 0.6 is 0 Å². The zero-order valence-corrected chi connectivity index (χ0v) is 16.3. The van der Waals surface area contributed by atoms with E-state index in [0.29, 0.717) is 12.5 Å². The Morgan fingerprint density at radius 2 is 1.81 bits per heavy atom. The normalized spacial score (nSPS) is 31.7. The van der Waals surface area contributed by atoms with Crippen LogP contribution in [0.4, 0.5) is 0 Å². The van der Waals surface area contributed by atoms with Crippen LogP contribution in [0.2, 0.25) is 0 Å². The molecule has 5 heteroatoms. The number of benzene rings is 1. The molecule has 3 fully saturated rings. The van der Waals surface area contributed by atoms with Crippen molar-refractivity contribution in [2.24, 2.45) is 11.8 Å². The third-order valence-corrected chi connectivity index (χ3v) is 6.44. The average Bonchev–Trinajstić information content (AvgIpc) is 3.46. The van der Waals surface area contributed by atoms with Gasteiger partial charge in [-0.1, -0.05) is 37.3 Å². The Morgan fingerprint density at radius 1 is 1.15 bits per heavy atom. The van der Waals surface area contributed by atoms with Gasteiger partial charge in [-0.15, -0.1) is 0 Å². The molecule has 2 aliphatic carbocycles. The van der Waals surface area contributed by atoms with Crippen LogP contribution in [0.1, 0.15) is 64.0 Å². The minimum Gasteiger partial charge on any atom is -0.353 e. The molecule has 2 amide bonds. The molecule has 5 nitrogen and oxygen atoms in total. The van der Waals surface area contributed by atoms with Crippen LogP contribution < -0.4 is 5.32 Å². The highest BCUT2D eigenvalue weighted by atomic mass is 16.5. The largest absolute Gasteiger partial charge is 0.353 e. The molecular formula is C22H30N2O3. The van der Waals surface area contributed by atoms with E-state index < -0.39 is 11.8 Å². The molecule has 0 aromatic heterocycles. The van der Waals surface area contributed by atoms with Gasteiger partial charge in [0.15, 0.2) is 0 Å².